The highest BCUT2D eigenvalue weighted by Crippen LogP contribution is 2.32. The lowest BCUT2D eigenvalue weighted by molar-refractivity contribution is -0.116. The molecule has 1 amide bonds. The van der Waals surface area contributed by atoms with Gasteiger partial charge in [0.1, 0.15) is 0 Å². The molecular weight excluding hydrogens is 438 g/mol. The van der Waals surface area contributed by atoms with Gasteiger partial charge < -0.3 is 4.74 Å². The van der Waals surface area contributed by atoms with E-state index < -0.39 is 0 Å². The Morgan fingerprint density at radius 2 is 1.97 bits per heavy atom. The number of hydrogen-bond donors (Lipinski definition) is 0. The number of thioether (sulfide) groups is 1. The average molecular weight is 470 g/mol. The molecule has 170 valence electrons. The number of anilines is 1. The molecule has 1 aliphatic rings. The highest BCUT2D eigenvalue weighted by molar-refractivity contribution is 8.00. The molecule has 5 nitrogen and oxygen atoms in total. The van der Waals surface area contributed by atoms with Gasteiger partial charge in [-0.25, -0.2) is 4.98 Å². The van der Waals surface area contributed by atoms with Crippen molar-refractivity contribution in [3.05, 3.63) is 53.6 Å². The summed E-state index contributed by atoms with van der Waals surface area (Å²) in [5.41, 5.74) is 3.50. The normalized spacial score (nSPS) is 14.7. The summed E-state index contributed by atoms with van der Waals surface area (Å²) in [6.07, 6.45) is 1.87. The number of thiazole rings is 1. The second-order valence-corrected chi connectivity index (χ2v) is 10.1. The van der Waals surface area contributed by atoms with Crippen LogP contribution < -0.4 is 4.90 Å². The van der Waals surface area contributed by atoms with Crippen molar-refractivity contribution in [2.45, 2.75) is 31.6 Å². The fourth-order valence-electron chi connectivity index (χ4n) is 3.86. The van der Waals surface area contributed by atoms with Crippen LogP contribution in [0.3, 0.4) is 0 Å². The van der Waals surface area contributed by atoms with E-state index in [2.05, 4.69) is 61.2 Å². The molecule has 0 unspecified atom stereocenters. The Labute approximate surface area is 198 Å². The lowest BCUT2D eigenvalue weighted by atomic mass is 10.1. The smallest absolute Gasteiger partial charge is 0.239 e. The third-order valence-electron chi connectivity index (χ3n) is 5.75. The van der Waals surface area contributed by atoms with Crippen molar-refractivity contribution in [3.63, 3.8) is 0 Å². The minimum atomic E-state index is 0.120. The average Bonchev–Trinajstić information content (AvgIpc) is 3.26. The van der Waals surface area contributed by atoms with Crippen LogP contribution in [0.15, 0.2) is 47.4 Å². The molecule has 1 saturated heterocycles. The fourth-order valence-corrected chi connectivity index (χ4v) is 5.69. The number of nitrogens with zero attached hydrogens (tertiary/aromatic N) is 3. The Balaban J connectivity index is 1.48. The number of rotatable bonds is 9. The van der Waals surface area contributed by atoms with Gasteiger partial charge in [0.2, 0.25) is 5.91 Å². The highest BCUT2D eigenvalue weighted by atomic mass is 32.2. The first-order valence-electron chi connectivity index (χ1n) is 11.3. The first kappa shape index (κ1) is 23.2. The number of fused-ring (bicyclic) bond motifs is 1. The van der Waals surface area contributed by atoms with E-state index in [0.717, 1.165) is 65.9 Å². The molecule has 0 N–H and O–H groups in total. The van der Waals surface area contributed by atoms with Crippen LogP contribution in [0.2, 0.25) is 0 Å². The molecule has 0 aliphatic carbocycles. The van der Waals surface area contributed by atoms with Crippen LogP contribution in [-0.2, 0) is 16.0 Å². The molecule has 2 aromatic carbocycles. The van der Waals surface area contributed by atoms with Gasteiger partial charge >= 0.3 is 0 Å². The fraction of sp³-hybridized carbons (Fsp3) is 0.440. The minimum absolute atomic E-state index is 0.120. The van der Waals surface area contributed by atoms with Crippen LogP contribution in [0.5, 0.6) is 0 Å². The van der Waals surface area contributed by atoms with Gasteiger partial charge in [-0.15, -0.1) is 11.8 Å². The first-order valence-corrected chi connectivity index (χ1v) is 13.1. The quantitative estimate of drug-likeness (QED) is 0.412. The molecule has 0 bridgehead atoms. The number of amides is 1. The SMILES string of the molecule is CCc1cccc2sc(N(CCCN3CCOCC3)C(=O)CSc3ccc(C)cc3)nc12. The van der Waals surface area contributed by atoms with E-state index in [1.54, 1.807) is 23.1 Å². The van der Waals surface area contributed by atoms with Crippen molar-refractivity contribution in [1.29, 1.82) is 0 Å². The Bertz CT molecular complexity index is 1030. The number of aromatic nitrogens is 1. The van der Waals surface area contributed by atoms with Crippen molar-refractivity contribution in [3.8, 4) is 0 Å². The highest BCUT2D eigenvalue weighted by Gasteiger charge is 2.21. The second kappa shape index (κ2) is 11.3. The van der Waals surface area contributed by atoms with Gasteiger partial charge in [0, 0.05) is 31.1 Å². The van der Waals surface area contributed by atoms with Crippen molar-refractivity contribution in [2.24, 2.45) is 0 Å². The zero-order chi connectivity index (χ0) is 22.3. The number of carbonyl (C=O) groups excluding carboxylic acids is 1. The van der Waals surface area contributed by atoms with Crippen LogP contribution in [0, 0.1) is 6.92 Å². The molecular formula is C25H31N3O2S2. The summed E-state index contributed by atoms with van der Waals surface area (Å²) in [4.78, 5) is 23.7. The topological polar surface area (TPSA) is 45.7 Å². The number of hydrogen-bond acceptors (Lipinski definition) is 6. The van der Waals surface area contributed by atoms with Gasteiger partial charge in [-0.3, -0.25) is 14.6 Å². The summed E-state index contributed by atoms with van der Waals surface area (Å²) in [6.45, 7) is 9.43. The number of morpholine rings is 1. The predicted molar refractivity (Wildman–Crippen MR) is 135 cm³/mol. The standard InChI is InChI=1S/C25H31N3O2S2/c1-3-20-6-4-7-22-24(20)26-25(32-22)28(13-5-12-27-14-16-30-17-15-27)23(29)18-31-21-10-8-19(2)9-11-21/h4,6-11H,3,5,12-18H2,1-2H3. The maximum absolute atomic E-state index is 13.3. The molecule has 0 atom stereocenters. The third kappa shape index (κ3) is 5.90. The largest absolute Gasteiger partial charge is 0.379 e. The molecule has 7 heteroatoms. The van der Waals surface area contributed by atoms with Crippen LogP contribution in [-0.4, -0.2) is 60.9 Å². The molecule has 32 heavy (non-hydrogen) atoms. The van der Waals surface area contributed by atoms with E-state index in [0.29, 0.717) is 12.3 Å². The molecule has 4 rings (SSSR count). The minimum Gasteiger partial charge on any atom is -0.379 e. The zero-order valence-electron chi connectivity index (χ0n) is 18.9. The number of carbonyl (C=O) groups is 1. The molecule has 0 radical (unpaired) electrons. The number of para-hydroxylation sites is 1. The van der Waals surface area contributed by atoms with Gasteiger partial charge in [-0.2, -0.15) is 0 Å². The van der Waals surface area contributed by atoms with E-state index in [4.69, 9.17) is 9.72 Å². The zero-order valence-corrected chi connectivity index (χ0v) is 20.5. The third-order valence-corrected chi connectivity index (χ3v) is 7.79. The molecule has 3 aromatic rings. The molecule has 2 heterocycles. The van der Waals surface area contributed by atoms with Crippen molar-refractivity contribution < 1.29 is 9.53 Å². The summed E-state index contributed by atoms with van der Waals surface area (Å²) in [5.74, 6) is 0.534. The lowest BCUT2D eigenvalue weighted by Crippen LogP contribution is -2.39. The first-order chi connectivity index (χ1) is 15.6. The van der Waals surface area contributed by atoms with E-state index in [1.807, 2.05) is 4.90 Å². The number of aryl methyl sites for hydroxylation is 2. The second-order valence-electron chi connectivity index (χ2n) is 8.07. The predicted octanol–water partition coefficient (Wildman–Crippen LogP) is 5.01. The maximum Gasteiger partial charge on any atom is 0.239 e. The monoisotopic (exact) mass is 469 g/mol. The van der Waals surface area contributed by atoms with Crippen LogP contribution in [0.25, 0.3) is 10.2 Å². The van der Waals surface area contributed by atoms with E-state index in [1.165, 1.54) is 11.1 Å². The molecule has 1 fully saturated rings. The Hall–Kier alpha value is -1.93. The van der Waals surface area contributed by atoms with Gasteiger partial charge in [0.15, 0.2) is 5.13 Å². The van der Waals surface area contributed by atoms with E-state index >= 15 is 0 Å². The van der Waals surface area contributed by atoms with Crippen molar-refractivity contribution in [2.75, 3.05) is 50.0 Å². The maximum atomic E-state index is 13.3. The Morgan fingerprint density at radius 1 is 1.19 bits per heavy atom. The van der Waals surface area contributed by atoms with Crippen LogP contribution >= 0.6 is 23.1 Å². The van der Waals surface area contributed by atoms with Crippen molar-refractivity contribution >= 4 is 44.4 Å². The van der Waals surface area contributed by atoms with Crippen molar-refractivity contribution in [1.82, 2.24) is 9.88 Å². The Morgan fingerprint density at radius 3 is 2.72 bits per heavy atom. The lowest BCUT2D eigenvalue weighted by Gasteiger charge is -2.27. The van der Waals surface area contributed by atoms with Crippen LogP contribution in [0.4, 0.5) is 5.13 Å². The van der Waals surface area contributed by atoms with Crippen LogP contribution in [0.1, 0.15) is 24.5 Å². The molecule has 1 aliphatic heterocycles. The summed E-state index contributed by atoms with van der Waals surface area (Å²) < 4.78 is 6.60. The van der Waals surface area contributed by atoms with Gasteiger partial charge in [0.25, 0.3) is 0 Å². The molecule has 1 aromatic heterocycles. The van der Waals surface area contributed by atoms with E-state index in [9.17, 15) is 4.79 Å². The van der Waals surface area contributed by atoms with E-state index in [-0.39, 0.29) is 5.91 Å². The molecule has 0 saturated carbocycles. The molecule has 0 spiro atoms. The van der Waals surface area contributed by atoms with Gasteiger partial charge in [-0.1, -0.05) is 48.1 Å². The van der Waals surface area contributed by atoms with Gasteiger partial charge in [0.05, 0.1) is 29.2 Å². The summed E-state index contributed by atoms with van der Waals surface area (Å²) >= 11 is 3.22. The number of benzene rings is 2. The summed E-state index contributed by atoms with van der Waals surface area (Å²) in [7, 11) is 0. The summed E-state index contributed by atoms with van der Waals surface area (Å²) in [5, 5.41) is 0.817. The Kier molecular flexibility index (Phi) is 8.19. The number of ether oxygens (including phenoxy) is 1. The van der Waals surface area contributed by atoms with Gasteiger partial charge in [-0.05, 0) is 43.5 Å². The summed E-state index contributed by atoms with van der Waals surface area (Å²) in [6, 6.07) is 14.7.